The molecule has 0 amide bonds. The number of benzene rings is 2. The number of ether oxygens (including phenoxy) is 1. The van der Waals surface area contributed by atoms with Crippen LogP contribution in [0.5, 0.6) is 0 Å². The van der Waals surface area contributed by atoms with E-state index in [0.717, 1.165) is 0 Å². The van der Waals surface area contributed by atoms with Crippen molar-refractivity contribution in [2.75, 3.05) is 13.1 Å². The van der Waals surface area contributed by atoms with E-state index in [0.29, 0.717) is 23.7 Å². The van der Waals surface area contributed by atoms with E-state index >= 15 is 0 Å². The van der Waals surface area contributed by atoms with Gasteiger partial charge >= 0.3 is 5.97 Å². The van der Waals surface area contributed by atoms with Gasteiger partial charge in [0.15, 0.2) is 0 Å². The maximum Gasteiger partial charge on any atom is 0.338 e. The zero-order valence-electron chi connectivity index (χ0n) is 15.0. The van der Waals surface area contributed by atoms with Crippen molar-refractivity contribution in [3.05, 3.63) is 64.7 Å². The maximum atomic E-state index is 12.5. The van der Waals surface area contributed by atoms with Gasteiger partial charge in [0.2, 0.25) is 10.0 Å². The Balaban J connectivity index is 2.15. The minimum atomic E-state index is -3.55. The van der Waals surface area contributed by atoms with Gasteiger partial charge in [0, 0.05) is 23.7 Å². The van der Waals surface area contributed by atoms with E-state index in [1.807, 2.05) is 6.07 Å². The van der Waals surface area contributed by atoms with Gasteiger partial charge in [0.1, 0.15) is 6.10 Å². The predicted octanol–water partition coefficient (Wildman–Crippen LogP) is 4.29. The van der Waals surface area contributed by atoms with E-state index in [1.165, 1.54) is 28.6 Å². The molecule has 0 aliphatic heterocycles. The molecule has 7 heteroatoms. The summed E-state index contributed by atoms with van der Waals surface area (Å²) in [6, 6.07) is 12.9. The Labute approximate surface area is 159 Å². The Morgan fingerprint density at radius 1 is 1.08 bits per heavy atom. The molecule has 0 saturated heterocycles. The third-order valence-corrected chi connectivity index (χ3v) is 6.47. The van der Waals surface area contributed by atoms with Crippen molar-refractivity contribution in [1.82, 2.24) is 4.31 Å². The van der Waals surface area contributed by atoms with Gasteiger partial charge in [-0.3, -0.25) is 0 Å². The van der Waals surface area contributed by atoms with Crippen molar-refractivity contribution in [2.45, 2.75) is 31.8 Å². The molecule has 0 radical (unpaired) electrons. The number of halogens is 1. The van der Waals surface area contributed by atoms with E-state index in [-0.39, 0.29) is 10.5 Å². The molecule has 0 saturated carbocycles. The smallest absolute Gasteiger partial charge is 0.338 e. The second-order valence-electron chi connectivity index (χ2n) is 5.68. The molecule has 0 spiro atoms. The molecule has 0 aliphatic carbocycles. The lowest BCUT2D eigenvalue weighted by molar-refractivity contribution is 0.0338. The van der Waals surface area contributed by atoms with Crippen molar-refractivity contribution in [3.63, 3.8) is 0 Å². The number of carbonyl (C=O) groups is 1. The second-order valence-corrected chi connectivity index (χ2v) is 8.03. The van der Waals surface area contributed by atoms with E-state index < -0.39 is 22.1 Å². The highest BCUT2D eigenvalue weighted by atomic mass is 35.5. The SMILES string of the molecule is CCN(CC)S(=O)(=O)c1ccc(C(=O)O[C@@H](C)c2ccccc2Cl)cc1. The van der Waals surface area contributed by atoms with Crippen molar-refractivity contribution in [3.8, 4) is 0 Å². The molecular weight excluding hydrogens is 374 g/mol. The highest BCUT2D eigenvalue weighted by molar-refractivity contribution is 7.89. The number of esters is 1. The predicted molar refractivity (Wildman–Crippen MR) is 102 cm³/mol. The molecule has 1 atom stereocenters. The lowest BCUT2D eigenvalue weighted by Gasteiger charge is -2.18. The number of rotatable bonds is 7. The first-order valence-corrected chi connectivity index (χ1v) is 10.2. The molecule has 2 aromatic carbocycles. The Bertz CT molecular complexity index is 861. The third kappa shape index (κ3) is 4.44. The van der Waals surface area contributed by atoms with Crippen LogP contribution in [-0.2, 0) is 14.8 Å². The fourth-order valence-corrected chi connectivity index (χ4v) is 4.32. The van der Waals surface area contributed by atoms with Crippen LogP contribution in [0.15, 0.2) is 53.4 Å². The Kier molecular flexibility index (Phi) is 6.81. The topological polar surface area (TPSA) is 63.7 Å². The van der Waals surface area contributed by atoms with Crippen LogP contribution in [0.25, 0.3) is 0 Å². The fourth-order valence-electron chi connectivity index (χ4n) is 2.57. The first-order chi connectivity index (χ1) is 12.3. The molecule has 0 heterocycles. The van der Waals surface area contributed by atoms with Crippen LogP contribution in [0.4, 0.5) is 0 Å². The average molecular weight is 396 g/mol. The Morgan fingerprint density at radius 2 is 1.65 bits per heavy atom. The summed E-state index contributed by atoms with van der Waals surface area (Å²) in [6.07, 6.45) is -0.518. The maximum absolute atomic E-state index is 12.5. The molecule has 0 N–H and O–H groups in total. The van der Waals surface area contributed by atoms with Crippen molar-refractivity contribution in [1.29, 1.82) is 0 Å². The number of carbonyl (C=O) groups excluding carboxylic acids is 1. The summed E-state index contributed by atoms with van der Waals surface area (Å²) >= 11 is 6.11. The first-order valence-electron chi connectivity index (χ1n) is 8.36. The van der Waals surface area contributed by atoms with Crippen molar-refractivity contribution < 1.29 is 17.9 Å². The van der Waals surface area contributed by atoms with Gasteiger partial charge in [0.25, 0.3) is 0 Å². The van der Waals surface area contributed by atoms with Crippen molar-refractivity contribution >= 4 is 27.6 Å². The molecule has 26 heavy (non-hydrogen) atoms. The van der Waals surface area contributed by atoms with Crippen LogP contribution in [0.3, 0.4) is 0 Å². The van der Waals surface area contributed by atoms with Crippen LogP contribution in [-0.4, -0.2) is 31.8 Å². The minimum Gasteiger partial charge on any atom is -0.454 e. The van der Waals surface area contributed by atoms with E-state index in [9.17, 15) is 13.2 Å². The monoisotopic (exact) mass is 395 g/mol. The molecule has 0 fully saturated rings. The fraction of sp³-hybridized carbons (Fsp3) is 0.316. The summed E-state index contributed by atoms with van der Waals surface area (Å²) in [6.45, 7) is 6.07. The first kappa shape index (κ1) is 20.4. The van der Waals surface area contributed by atoms with E-state index in [1.54, 1.807) is 39.0 Å². The number of nitrogens with zero attached hydrogens (tertiary/aromatic N) is 1. The highest BCUT2D eigenvalue weighted by Gasteiger charge is 2.22. The lowest BCUT2D eigenvalue weighted by atomic mass is 10.1. The summed E-state index contributed by atoms with van der Waals surface area (Å²) in [5, 5.41) is 0.522. The van der Waals surface area contributed by atoms with Gasteiger partial charge in [-0.1, -0.05) is 43.6 Å². The highest BCUT2D eigenvalue weighted by Crippen LogP contribution is 2.26. The van der Waals surface area contributed by atoms with Crippen LogP contribution in [0, 0.1) is 0 Å². The zero-order valence-corrected chi connectivity index (χ0v) is 16.5. The summed E-state index contributed by atoms with van der Waals surface area (Å²) in [7, 11) is -3.55. The Morgan fingerprint density at radius 3 is 2.19 bits per heavy atom. The lowest BCUT2D eigenvalue weighted by Crippen LogP contribution is -2.30. The summed E-state index contributed by atoms with van der Waals surface area (Å²) in [5.41, 5.74) is 0.991. The standard InChI is InChI=1S/C19H22ClNO4S/c1-4-21(5-2)26(23,24)16-12-10-15(11-13-16)19(22)25-14(3)17-8-6-7-9-18(17)20/h6-14H,4-5H2,1-3H3/t14-/m0/s1. The average Bonchev–Trinajstić information content (AvgIpc) is 2.62. The number of sulfonamides is 1. The summed E-state index contributed by atoms with van der Waals surface area (Å²) in [5.74, 6) is -0.538. The Hall–Kier alpha value is -1.89. The molecule has 5 nitrogen and oxygen atoms in total. The van der Waals surface area contributed by atoms with Crippen LogP contribution >= 0.6 is 11.6 Å². The van der Waals surface area contributed by atoms with E-state index in [4.69, 9.17) is 16.3 Å². The van der Waals surface area contributed by atoms with Gasteiger partial charge in [0.05, 0.1) is 10.5 Å². The van der Waals surface area contributed by atoms with Crippen LogP contribution in [0.2, 0.25) is 5.02 Å². The molecule has 140 valence electrons. The molecule has 0 aliphatic rings. The largest absolute Gasteiger partial charge is 0.454 e. The number of hydrogen-bond acceptors (Lipinski definition) is 4. The van der Waals surface area contributed by atoms with Crippen molar-refractivity contribution in [2.24, 2.45) is 0 Å². The van der Waals surface area contributed by atoms with Crippen LogP contribution < -0.4 is 0 Å². The molecular formula is C19H22ClNO4S. The molecule has 0 unspecified atom stereocenters. The molecule has 0 aromatic heterocycles. The molecule has 2 aromatic rings. The summed E-state index contributed by atoms with van der Waals surface area (Å²) in [4.78, 5) is 12.5. The van der Waals surface area contributed by atoms with Gasteiger partial charge in [-0.05, 0) is 37.3 Å². The van der Waals surface area contributed by atoms with Gasteiger partial charge in [-0.15, -0.1) is 0 Å². The quantitative estimate of drug-likeness (QED) is 0.656. The van der Waals surface area contributed by atoms with E-state index in [2.05, 4.69) is 0 Å². The van der Waals surface area contributed by atoms with Crippen LogP contribution in [0.1, 0.15) is 42.8 Å². The minimum absolute atomic E-state index is 0.150. The van der Waals surface area contributed by atoms with Gasteiger partial charge < -0.3 is 4.74 Å². The molecule has 0 bridgehead atoms. The second kappa shape index (κ2) is 8.66. The van der Waals surface area contributed by atoms with Gasteiger partial charge in [-0.25, -0.2) is 13.2 Å². The van der Waals surface area contributed by atoms with Gasteiger partial charge in [-0.2, -0.15) is 4.31 Å². The third-order valence-electron chi connectivity index (χ3n) is 4.06. The normalized spacial score (nSPS) is 12.8. The summed E-state index contributed by atoms with van der Waals surface area (Å²) < 4.78 is 31.7. The molecule has 2 rings (SSSR count). The number of hydrogen-bond donors (Lipinski definition) is 0. The zero-order chi connectivity index (χ0) is 19.3.